The number of carbonyl (C=O) groups excluding carboxylic acids is 1. The predicted molar refractivity (Wildman–Crippen MR) is 125 cm³/mol. The average molecular weight is 442 g/mol. The van der Waals surface area contributed by atoms with Gasteiger partial charge in [0.05, 0.1) is 19.6 Å². The van der Waals surface area contributed by atoms with Crippen molar-refractivity contribution < 1.29 is 19.0 Å². The van der Waals surface area contributed by atoms with Gasteiger partial charge in [0.15, 0.2) is 11.6 Å². The second-order valence-electron chi connectivity index (χ2n) is 8.33. The molecule has 5 heteroatoms. The topological polar surface area (TPSA) is 49.8 Å². The molecular formula is C28H24FNO3. The van der Waals surface area contributed by atoms with Gasteiger partial charge >= 0.3 is 0 Å². The Morgan fingerprint density at radius 2 is 1.85 bits per heavy atom. The molecule has 1 amide bonds. The minimum Gasteiger partial charge on any atom is -0.508 e. The van der Waals surface area contributed by atoms with Gasteiger partial charge in [-0.25, -0.2) is 4.39 Å². The van der Waals surface area contributed by atoms with Crippen molar-refractivity contribution >= 4 is 5.91 Å². The fourth-order valence-corrected chi connectivity index (χ4v) is 4.91. The van der Waals surface area contributed by atoms with E-state index in [1.54, 1.807) is 4.90 Å². The molecule has 0 radical (unpaired) electrons. The van der Waals surface area contributed by atoms with E-state index < -0.39 is 11.7 Å². The van der Waals surface area contributed by atoms with Gasteiger partial charge in [0.25, 0.3) is 0 Å². The van der Waals surface area contributed by atoms with Gasteiger partial charge in [-0.1, -0.05) is 66.7 Å². The van der Waals surface area contributed by atoms with Crippen molar-refractivity contribution in [2.75, 3.05) is 7.11 Å². The molecule has 0 bridgehead atoms. The van der Waals surface area contributed by atoms with Gasteiger partial charge in [0.1, 0.15) is 5.75 Å². The number of halogens is 1. The average Bonchev–Trinajstić information content (AvgIpc) is 3.12. The van der Waals surface area contributed by atoms with Crippen LogP contribution in [0.25, 0.3) is 11.1 Å². The number of ether oxygens (including phenoxy) is 1. The Bertz CT molecular complexity index is 1270. The highest BCUT2D eigenvalue weighted by Gasteiger charge is 2.46. The summed E-state index contributed by atoms with van der Waals surface area (Å²) in [5, 5.41) is 10.6. The standard InChI is InChI=1S/C28H24FNO3/c1-33-26-16-25(31)22(15-23(26)29)27-21-13-7-8-14-24(21)30(28(27)32)17-19-11-5-6-12-20(19)18-9-3-2-4-10-18/h2-12,14-16,21,27,31H,13,17H2,1H3. The van der Waals surface area contributed by atoms with Gasteiger partial charge in [0, 0.05) is 23.2 Å². The molecule has 0 aromatic heterocycles. The molecule has 1 heterocycles. The zero-order valence-electron chi connectivity index (χ0n) is 18.2. The SMILES string of the molecule is COc1cc(O)c(C2C(=O)N(Cc3ccccc3-c3ccccc3)C3=CC=CCC32)cc1F. The number of nitrogens with zero attached hydrogens (tertiary/aromatic N) is 1. The Labute approximate surface area is 192 Å². The quantitative estimate of drug-likeness (QED) is 0.545. The van der Waals surface area contributed by atoms with Crippen LogP contribution >= 0.6 is 0 Å². The second kappa shape index (κ2) is 8.58. The molecule has 1 aliphatic carbocycles. The van der Waals surface area contributed by atoms with Crippen LogP contribution in [0.2, 0.25) is 0 Å². The predicted octanol–water partition coefficient (Wildman–Crippen LogP) is 5.79. The van der Waals surface area contributed by atoms with Crippen molar-refractivity contribution in [2.45, 2.75) is 18.9 Å². The number of hydrogen-bond acceptors (Lipinski definition) is 3. The number of aromatic hydroxyl groups is 1. The molecule has 2 atom stereocenters. The Balaban J connectivity index is 1.54. The number of likely N-dealkylation sites (tertiary alicyclic amines) is 1. The molecule has 1 N–H and O–H groups in total. The zero-order chi connectivity index (χ0) is 22.9. The van der Waals surface area contributed by atoms with Gasteiger partial charge in [-0.3, -0.25) is 4.79 Å². The van der Waals surface area contributed by atoms with Crippen LogP contribution in [-0.4, -0.2) is 23.0 Å². The van der Waals surface area contributed by atoms with Crippen molar-refractivity contribution in [3.05, 3.63) is 108 Å². The van der Waals surface area contributed by atoms with E-state index in [9.17, 15) is 14.3 Å². The molecule has 4 nitrogen and oxygen atoms in total. The van der Waals surface area contributed by atoms with Crippen LogP contribution in [0.3, 0.4) is 0 Å². The normalized spacial score (nSPS) is 19.4. The Kier molecular flexibility index (Phi) is 5.47. The van der Waals surface area contributed by atoms with Crippen molar-refractivity contribution in [1.82, 2.24) is 4.90 Å². The molecule has 33 heavy (non-hydrogen) atoms. The van der Waals surface area contributed by atoms with E-state index in [1.165, 1.54) is 19.2 Å². The van der Waals surface area contributed by atoms with E-state index in [0.717, 1.165) is 22.4 Å². The molecule has 1 saturated heterocycles. The highest BCUT2D eigenvalue weighted by Crippen LogP contribution is 2.48. The van der Waals surface area contributed by atoms with Gasteiger partial charge in [-0.05, 0) is 35.3 Å². The van der Waals surface area contributed by atoms with E-state index >= 15 is 0 Å². The van der Waals surface area contributed by atoms with Crippen LogP contribution in [-0.2, 0) is 11.3 Å². The summed E-state index contributed by atoms with van der Waals surface area (Å²) in [4.78, 5) is 15.5. The maximum Gasteiger partial charge on any atom is 0.235 e. The monoisotopic (exact) mass is 441 g/mol. The fourth-order valence-electron chi connectivity index (χ4n) is 4.91. The summed E-state index contributed by atoms with van der Waals surface area (Å²) >= 11 is 0. The number of allylic oxidation sites excluding steroid dienone is 4. The van der Waals surface area contributed by atoms with E-state index in [0.29, 0.717) is 18.5 Å². The van der Waals surface area contributed by atoms with Crippen LogP contribution in [0, 0.1) is 11.7 Å². The van der Waals surface area contributed by atoms with Gasteiger partial charge < -0.3 is 14.7 Å². The first-order valence-corrected chi connectivity index (χ1v) is 11.0. The van der Waals surface area contributed by atoms with Crippen molar-refractivity contribution in [1.29, 1.82) is 0 Å². The maximum atomic E-state index is 14.5. The van der Waals surface area contributed by atoms with Crippen LogP contribution in [0.4, 0.5) is 4.39 Å². The summed E-state index contributed by atoms with van der Waals surface area (Å²) in [6.07, 6.45) is 6.55. The first-order chi connectivity index (χ1) is 16.1. The minimum atomic E-state index is -0.662. The summed E-state index contributed by atoms with van der Waals surface area (Å²) < 4.78 is 19.5. The highest BCUT2D eigenvalue weighted by molar-refractivity contribution is 5.90. The molecule has 166 valence electrons. The number of amides is 1. The number of carbonyl (C=O) groups is 1. The maximum absolute atomic E-state index is 14.5. The Hall–Kier alpha value is -3.86. The fraction of sp³-hybridized carbons (Fsp3) is 0.179. The molecular weight excluding hydrogens is 417 g/mol. The number of phenolic OH excluding ortho intramolecular Hbond substituents is 1. The van der Waals surface area contributed by atoms with Gasteiger partial charge in [-0.2, -0.15) is 0 Å². The molecule has 2 unspecified atom stereocenters. The van der Waals surface area contributed by atoms with E-state index in [1.807, 2.05) is 54.6 Å². The third kappa shape index (κ3) is 3.69. The third-order valence-corrected chi connectivity index (χ3v) is 6.49. The zero-order valence-corrected chi connectivity index (χ0v) is 18.2. The van der Waals surface area contributed by atoms with Crippen LogP contribution in [0.15, 0.2) is 90.7 Å². The van der Waals surface area contributed by atoms with Gasteiger partial charge in [0.2, 0.25) is 5.91 Å². The lowest BCUT2D eigenvalue weighted by atomic mass is 9.82. The lowest BCUT2D eigenvalue weighted by Crippen LogP contribution is -2.25. The summed E-state index contributed by atoms with van der Waals surface area (Å²) in [6, 6.07) is 20.6. The smallest absolute Gasteiger partial charge is 0.235 e. The number of phenols is 1. The number of methoxy groups -OCH3 is 1. The van der Waals surface area contributed by atoms with Crippen LogP contribution < -0.4 is 4.74 Å². The molecule has 0 saturated carbocycles. The van der Waals surface area contributed by atoms with E-state index in [4.69, 9.17) is 4.74 Å². The van der Waals surface area contributed by atoms with E-state index in [2.05, 4.69) is 18.2 Å². The Morgan fingerprint density at radius 3 is 2.64 bits per heavy atom. The van der Waals surface area contributed by atoms with Crippen LogP contribution in [0.1, 0.15) is 23.5 Å². The lowest BCUT2D eigenvalue weighted by molar-refractivity contribution is -0.128. The first kappa shape index (κ1) is 21.0. The third-order valence-electron chi connectivity index (χ3n) is 6.49. The summed E-state index contributed by atoms with van der Waals surface area (Å²) in [5.74, 6) is -1.74. The van der Waals surface area contributed by atoms with Crippen molar-refractivity contribution in [3.8, 4) is 22.6 Å². The second-order valence-corrected chi connectivity index (χ2v) is 8.33. The summed E-state index contributed by atoms with van der Waals surface area (Å²) in [6.45, 7) is 0.399. The molecule has 5 rings (SSSR count). The largest absolute Gasteiger partial charge is 0.508 e. The molecule has 1 fully saturated rings. The number of fused-ring (bicyclic) bond motifs is 1. The van der Waals surface area contributed by atoms with Crippen LogP contribution in [0.5, 0.6) is 11.5 Å². The van der Waals surface area contributed by atoms with Gasteiger partial charge in [-0.15, -0.1) is 0 Å². The highest BCUT2D eigenvalue weighted by atomic mass is 19.1. The lowest BCUT2D eigenvalue weighted by Gasteiger charge is -2.23. The summed E-state index contributed by atoms with van der Waals surface area (Å²) in [5.41, 5.74) is 4.36. The molecule has 2 aliphatic rings. The first-order valence-electron chi connectivity index (χ1n) is 11.0. The number of rotatable bonds is 5. The number of hydrogen-bond donors (Lipinski definition) is 1. The molecule has 3 aromatic rings. The van der Waals surface area contributed by atoms with E-state index in [-0.39, 0.29) is 23.3 Å². The molecule has 1 aliphatic heterocycles. The van der Waals surface area contributed by atoms with Crippen molar-refractivity contribution in [3.63, 3.8) is 0 Å². The molecule has 0 spiro atoms. The van der Waals surface area contributed by atoms with Crippen molar-refractivity contribution in [2.24, 2.45) is 5.92 Å². The minimum absolute atomic E-state index is 0.0466. The molecule has 3 aromatic carbocycles. The number of benzene rings is 3. The summed E-state index contributed by atoms with van der Waals surface area (Å²) in [7, 11) is 1.34. The Morgan fingerprint density at radius 1 is 1.09 bits per heavy atom.